The number of hydrogen-bond donors (Lipinski definition) is 3. The summed E-state index contributed by atoms with van der Waals surface area (Å²) >= 11 is 0. The minimum Gasteiger partial charge on any atom is -0.366 e. The first-order valence-electron chi connectivity index (χ1n) is 12.6. The number of hydrogen-bond acceptors (Lipinski definition) is 7. The van der Waals surface area contributed by atoms with Gasteiger partial charge in [0.25, 0.3) is 0 Å². The predicted octanol–water partition coefficient (Wildman–Crippen LogP) is 4.90. The number of nitrogens with zero attached hydrogens (tertiary/aromatic N) is 6. The summed E-state index contributed by atoms with van der Waals surface area (Å²) in [6.07, 6.45) is 7.45. The standard InChI is InChI=1S/C28H31N9/c1-17(2)18(3)31-21-11-20(13-29-14-21)19-5-6-23-22(12-19)26(35-34-23)28-32-24-15-30-16-25(27(24)33-28)37-9-7-36(4)8-10-37/h5-6,11-17,31H,3,7-10H2,1-2,4H3,(H,32,33)(H,34,35). The predicted molar refractivity (Wildman–Crippen MR) is 150 cm³/mol. The van der Waals surface area contributed by atoms with Gasteiger partial charge >= 0.3 is 0 Å². The van der Waals surface area contributed by atoms with Gasteiger partial charge in [0.1, 0.15) is 11.2 Å². The van der Waals surface area contributed by atoms with Crippen molar-refractivity contribution >= 4 is 33.3 Å². The van der Waals surface area contributed by atoms with Crippen molar-refractivity contribution in [3.05, 3.63) is 61.3 Å². The van der Waals surface area contributed by atoms with Crippen LogP contribution in [0, 0.1) is 5.92 Å². The van der Waals surface area contributed by atoms with Gasteiger partial charge in [-0.2, -0.15) is 5.10 Å². The van der Waals surface area contributed by atoms with E-state index in [0.717, 1.165) is 87.8 Å². The van der Waals surface area contributed by atoms with Crippen LogP contribution < -0.4 is 10.2 Å². The molecular formula is C28H31N9. The molecule has 0 radical (unpaired) electrons. The molecule has 9 nitrogen and oxygen atoms in total. The fourth-order valence-corrected chi connectivity index (χ4v) is 4.68. The Bertz CT molecular complexity index is 1590. The fourth-order valence-electron chi connectivity index (χ4n) is 4.68. The zero-order valence-corrected chi connectivity index (χ0v) is 21.4. The molecule has 0 aliphatic carbocycles. The molecule has 0 amide bonds. The number of anilines is 2. The first-order chi connectivity index (χ1) is 18.0. The number of H-pyrrole nitrogens is 2. The van der Waals surface area contributed by atoms with Gasteiger partial charge in [0.05, 0.1) is 41.0 Å². The van der Waals surface area contributed by atoms with Crippen molar-refractivity contribution in [1.82, 2.24) is 35.0 Å². The molecule has 1 fully saturated rings. The molecule has 188 valence electrons. The molecule has 1 aliphatic rings. The Morgan fingerprint density at radius 1 is 0.973 bits per heavy atom. The largest absolute Gasteiger partial charge is 0.366 e. The number of pyridine rings is 2. The molecule has 1 saturated heterocycles. The lowest BCUT2D eigenvalue weighted by Crippen LogP contribution is -2.44. The molecule has 9 heteroatoms. The Hall–Kier alpha value is -4.24. The van der Waals surface area contributed by atoms with Crippen molar-refractivity contribution in [2.75, 3.05) is 43.4 Å². The quantitative estimate of drug-likeness (QED) is 0.309. The van der Waals surface area contributed by atoms with Gasteiger partial charge in [-0.05, 0) is 36.7 Å². The van der Waals surface area contributed by atoms with E-state index in [1.165, 1.54) is 0 Å². The van der Waals surface area contributed by atoms with Gasteiger partial charge in [-0.15, -0.1) is 0 Å². The number of allylic oxidation sites excluding steroid dienone is 1. The highest BCUT2D eigenvalue weighted by atomic mass is 15.3. The van der Waals surface area contributed by atoms with E-state index in [-0.39, 0.29) is 0 Å². The van der Waals surface area contributed by atoms with Crippen LogP contribution in [0.3, 0.4) is 0 Å². The van der Waals surface area contributed by atoms with Crippen LogP contribution in [0.1, 0.15) is 13.8 Å². The molecule has 0 unspecified atom stereocenters. The maximum Gasteiger partial charge on any atom is 0.159 e. The molecule has 0 atom stereocenters. The van der Waals surface area contributed by atoms with E-state index in [0.29, 0.717) is 5.92 Å². The first kappa shape index (κ1) is 23.2. The third-order valence-electron chi connectivity index (χ3n) is 7.08. The van der Waals surface area contributed by atoms with Gasteiger partial charge in [-0.1, -0.05) is 26.5 Å². The second-order valence-corrected chi connectivity index (χ2v) is 10.0. The molecule has 0 spiro atoms. The summed E-state index contributed by atoms with van der Waals surface area (Å²) in [5.41, 5.74) is 8.58. The molecule has 0 saturated carbocycles. The Labute approximate surface area is 215 Å². The third kappa shape index (κ3) is 4.42. The van der Waals surface area contributed by atoms with E-state index in [1.54, 1.807) is 0 Å². The molecule has 5 aromatic rings. The van der Waals surface area contributed by atoms with Crippen molar-refractivity contribution in [3.8, 4) is 22.6 Å². The molecule has 1 aliphatic heterocycles. The highest BCUT2D eigenvalue weighted by molar-refractivity contribution is 5.97. The maximum atomic E-state index is 5.00. The number of aromatic nitrogens is 6. The average molecular weight is 494 g/mol. The summed E-state index contributed by atoms with van der Waals surface area (Å²) in [7, 11) is 2.16. The summed E-state index contributed by atoms with van der Waals surface area (Å²) in [5.74, 6) is 1.06. The molecule has 4 aromatic heterocycles. The molecule has 1 aromatic carbocycles. The number of aromatic amines is 2. The summed E-state index contributed by atoms with van der Waals surface area (Å²) < 4.78 is 0. The molecule has 5 heterocycles. The Morgan fingerprint density at radius 3 is 2.59 bits per heavy atom. The zero-order chi connectivity index (χ0) is 25.5. The number of rotatable bonds is 6. The van der Waals surface area contributed by atoms with Gasteiger partial charge in [0, 0.05) is 49.0 Å². The van der Waals surface area contributed by atoms with E-state index in [4.69, 9.17) is 4.98 Å². The fraction of sp³-hybridized carbons (Fsp3) is 0.286. The van der Waals surface area contributed by atoms with Gasteiger partial charge < -0.3 is 20.1 Å². The lowest BCUT2D eigenvalue weighted by molar-refractivity contribution is 0.313. The highest BCUT2D eigenvalue weighted by Gasteiger charge is 2.20. The van der Waals surface area contributed by atoms with Crippen LogP contribution in [0.5, 0.6) is 0 Å². The molecule has 37 heavy (non-hydrogen) atoms. The average Bonchev–Trinajstić information content (AvgIpc) is 3.53. The summed E-state index contributed by atoms with van der Waals surface area (Å²) in [6, 6.07) is 8.36. The van der Waals surface area contributed by atoms with Crippen LogP contribution in [-0.2, 0) is 0 Å². The molecule has 6 rings (SSSR count). The number of benzene rings is 1. The topological polar surface area (TPSA) is 102 Å². The lowest BCUT2D eigenvalue weighted by Gasteiger charge is -2.33. The maximum absolute atomic E-state index is 5.00. The van der Waals surface area contributed by atoms with Crippen molar-refractivity contribution < 1.29 is 0 Å². The summed E-state index contributed by atoms with van der Waals surface area (Å²) in [5, 5.41) is 12.1. The number of fused-ring (bicyclic) bond motifs is 2. The van der Waals surface area contributed by atoms with Gasteiger partial charge in [-0.3, -0.25) is 15.1 Å². The first-order valence-corrected chi connectivity index (χ1v) is 12.6. The third-order valence-corrected chi connectivity index (χ3v) is 7.08. The van der Waals surface area contributed by atoms with Crippen LogP contribution >= 0.6 is 0 Å². The Kier molecular flexibility index (Phi) is 5.84. The Balaban J connectivity index is 1.36. The SMILES string of the molecule is C=C(Nc1cncc(-c2ccc3[nH]nc(-c4nc5c(N6CCN(C)CC6)cncc5[nH]4)c3c2)c1)C(C)C. The van der Waals surface area contributed by atoms with Crippen LogP contribution in [0.4, 0.5) is 11.4 Å². The lowest BCUT2D eigenvalue weighted by atomic mass is 10.0. The van der Waals surface area contributed by atoms with Crippen molar-refractivity contribution in [3.63, 3.8) is 0 Å². The van der Waals surface area contributed by atoms with Crippen LogP contribution in [-0.4, -0.2) is 68.3 Å². The minimum absolute atomic E-state index is 0.337. The minimum atomic E-state index is 0.337. The molecule has 0 bridgehead atoms. The van der Waals surface area contributed by atoms with Crippen molar-refractivity contribution in [2.45, 2.75) is 13.8 Å². The van der Waals surface area contributed by atoms with Crippen LogP contribution in [0.2, 0.25) is 0 Å². The summed E-state index contributed by atoms with van der Waals surface area (Å²) in [4.78, 5) is 22.1. The Morgan fingerprint density at radius 2 is 1.78 bits per heavy atom. The second kappa shape index (κ2) is 9.33. The van der Waals surface area contributed by atoms with Gasteiger partial charge in [0.15, 0.2) is 5.82 Å². The van der Waals surface area contributed by atoms with Gasteiger partial charge in [0.2, 0.25) is 0 Å². The monoisotopic (exact) mass is 493 g/mol. The highest BCUT2D eigenvalue weighted by Crippen LogP contribution is 2.33. The number of piperazine rings is 1. The normalized spacial score (nSPS) is 14.6. The number of likely N-dealkylation sites (N-methyl/N-ethyl adjacent to an activating group) is 1. The molecular weight excluding hydrogens is 462 g/mol. The van der Waals surface area contributed by atoms with Crippen molar-refractivity contribution in [1.29, 1.82) is 0 Å². The van der Waals surface area contributed by atoms with E-state index in [9.17, 15) is 0 Å². The van der Waals surface area contributed by atoms with Crippen LogP contribution in [0.25, 0.3) is 44.6 Å². The molecule has 3 N–H and O–H groups in total. The van der Waals surface area contributed by atoms with E-state index < -0.39 is 0 Å². The van der Waals surface area contributed by atoms with Gasteiger partial charge in [-0.25, -0.2) is 4.98 Å². The summed E-state index contributed by atoms with van der Waals surface area (Å²) in [6.45, 7) is 12.3. The van der Waals surface area contributed by atoms with Crippen molar-refractivity contribution in [2.24, 2.45) is 5.92 Å². The second-order valence-electron chi connectivity index (χ2n) is 10.0. The van der Waals surface area contributed by atoms with E-state index in [2.05, 4.69) is 85.9 Å². The number of nitrogens with one attached hydrogen (secondary N) is 3. The van der Waals surface area contributed by atoms with E-state index >= 15 is 0 Å². The number of imidazole rings is 1. The smallest absolute Gasteiger partial charge is 0.159 e. The zero-order valence-electron chi connectivity index (χ0n) is 21.4. The van der Waals surface area contributed by atoms with Crippen LogP contribution in [0.15, 0.2) is 61.3 Å². The van der Waals surface area contributed by atoms with E-state index in [1.807, 2.05) is 30.9 Å².